The maximum Gasteiger partial charge on any atom is 0.602 e. The molecule has 1 saturated carbocycles. The molecule has 5 N–H and O–H groups in total. The molecule has 12 unspecified atom stereocenters. The van der Waals surface area contributed by atoms with Gasteiger partial charge in [0.05, 0.1) is 52.6 Å². The van der Waals surface area contributed by atoms with Crippen molar-refractivity contribution < 1.29 is 91.8 Å². The number of aromatic nitrogens is 2. The molecule has 26 nitrogen and oxygen atoms in total. The molecule has 4 amide bonds. The molecule has 28 heteroatoms. The molecule has 0 radical (unpaired) electrons. The van der Waals surface area contributed by atoms with Crippen molar-refractivity contribution in [3.05, 3.63) is 290 Å². The van der Waals surface area contributed by atoms with Crippen LogP contribution in [0.5, 0.6) is 0 Å². The van der Waals surface area contributed by atoms with E-state index < -0.39 is 24.0 Å². The number of nitrogens with zero attached hydrogens (tertiary/aromatic N) is 7. The second-order valence-electron chi connectivity index (χ2n) is 27.3. The Bertz CT molecular complexity index is 4210. The van der Waals surface area contributed by atoms with E-state index >= 15 is 0 Å². The molecule has 3 aliphatic carbocycles. The Hall–Kier alpha value is -11.5. The topological polar surface area (TPSA) is 346 Å². The highest BCUT2D eigenvalue weighted by Gasteiger charge is 2.62. The van der Waals surface area contributed by atoms with Crippen LogP contribution in [0.2, 0.25) is 0 Å². The van der Waals surface area contributed by atoms with Gasteiger partial charge in [0.15, 0.2) is 12.4 Å². The smallest absolute Gasteiger partial charge is 0.481 e. The lowest BCUT2D eigenvalue weighted by atomic mass is 9.73. The quantitative estimate of drug-likeness (QED) is 0.0105. The summed E-state index contributed by atoms with van der Waals surface area (Å²) in [6, 6.07) is 60.1. The third-order valence-corrected chi connectivity index (χ3v) is 20.4. The number of fused-ring (bicyclic) bond motifs is 5. The van der Waals surface area contributed by atoms with Crippen molar-refractivity contribution in [2.45, 2.75) is 114 Å². The fraction of sp³-hybridized carbons (Fsp3) is 0.348. The van der Waals surface area contributed by atoms with Crippen LogP contribution in [0.1, 0.15) is 67.9 Å². The highest BCUT2D eigenvalue weighted by molar-refractivity contribution is 9.09. The average Bonchev–Trinajstić information content (AvgIpc) is 1.59. The Morgan fingerprint density at radius 1 is 0.624 bits per heavy atom. The lowest BCUT2D eigenvalue weighted by Crippen LogP contribution is -2.63. The summed E-state index contributed by atoms with van der Waals surface area (Å²) in [6.45, 7) is 14.9. The summed E-state index contributed by atoms with van der Waals surface area (Å²) in [5.74, 6) is -1.04. The molecule has 6 saturated heterocycles. The van der Waals surface area contributed by atoms with Crippen LogP contribution in [0.25, 0.3) is 0 Å². The molecule has 12 atom stereocenters. The Labute approximate surface area is 699 Å². The van der Waals surface area contributed by atoms with Crippen LogP contribution in [0.15, 0.2) is 262 Å². The van der Waals surface area contributed by atoms with Crippen LogP contribution < -0.4 is 9.88 Å². The third-order valence-electron chi connectivity index (χ3n) is 19.1. The molecule has 7 aromatic rings. The van der Waals surface area contributed by atoms with Gasteiger partial charge in [0.2, 0.25) is 5.91 Å². The number of esters is 1. The van der Waals surface area contributed by atoms with Crippen LogP contribution in [0.3, 0.4) is 0 Å². The second-order valence-corrected chi connectivity index (χ2v) is 28.3. The van der Waals surface area contributed by atoms with Gasteiger partial charge in [0.25, 0.3) is 0 Å². The number of amides is 4. The highest BCUT2D eigenvalue weighted by Crippen LogP contribution is 2.49. The van der Waals surface area contributed by atoms with Crippen molar-refractivity contribution in [2.75, 3.05) is 47.5 Å². The molecule has 18 rings (SSSR count). The van der Waals surface area contributed by atoms with Gasteiger partial charge in [-0.3, -0.25) is 29.5 Å². The molecule has 11 aliphatic rings. The number of aliphatic carboxylic acids is 1. The summed E-state index contributed by atoms with van der Waals surface area (Å²) in [5.41, 5.74) is 4.76. The van der Waals surface area contributed by atoms with Crippen LogP contribution in [0, 0.1) is 46.8 Å². The Morgan fingerprint density at radius 3 is 1.40 bits per heavy atom. The van der Waals surface area contributed by atoms with Gasteiger partial charge in [-0.15, -0.1) is 19.0 Å². The number of benzene rings is 5. The van der Waals surface area contributed by atoms with Crippen LogP contribution in [-0.4, -0.2) is 188 Å². The number of likely N-dealkylation sites (N-methyl/N-ethyl adjacent to an activating group) is 1. The fourth-order valence-corrected chi connectivity index (χ4v) is 14.3. The molecule has 117 heavy (non-hydrogen) atoms. The first-order valence-corrected chi connectivity index (χ1v) is 38.5. The number of alkyl halides is 1. The molecule has 2 aromatic heterocycles. The minimum atomic E-state index is -0.852. The zero-order chi connectivity index (χ0) is 84.8. The first-order valence-electron chi connectivity index (χ1n) is 37.6. The lowest BCUT2D eigenvalue weighted by molar-refractivity contribution is -0.586. The number of carbonyl (C=O) groups is 9. The number of aliphatic hydroxyl groups excluding tert-OH is 3. The van der Waals surface area contributed by atoms with E-state index in [9.17, 15) is 43.5 Å². The summed E-state index contributed by atoms with van der Waals surface area (Å²) >= 11 is 3.62. The van der Waals surface area contributed by atoms with Crippen molar-refractivity contribution in [3.63, 3.8) is 0 Å². The number of piperidine rings is 4. The number of ether oxygens (including phenoxy) is 5. The van der Waals surface area contributed by atoms with Crippen molar-refractivity contribution in [2.24, 2.45) is 35.5 Å². The molecule has 5 aromatic carbocycles. The number of rotatable bonds is 13. The average molecular weight is 1690 g/mol. The number of carboxylic acid groups (broad SMARTS) is 1. The van der Waals surface area contributed by atoms with E-state index in [2.05, 4.69) is 57.6 Å². The number of halogens is 2. The number of carbonyl (C=O) groups excluding carboxylic acids is 8. The summed E-state index contributed by atoms with van der Waals surface area (Å²) in [7, 11) is 3.85. The minimum Gasteiger partial charge on any atom is -0.481 e. The summed E-state index contributed by atoms with van der Waals surface area (Å²) in [6.07, 6.45) is 20.5. The third kappa shape index (κ3) is 31.2. The van der Waals surface area contributed by atoms with Crippen LogP contribution in [0.4, 0.5) is 19.2 Å². The Balaban J connectivity index is 0.000000290. The molecule has 624 valence electrons. The number of aliphatic hydroxyl groups is 3. The molecule has 8 aliphatic heterocycles. The zero-order valence-electron chi connectivity index (χ0n) is 66.6. The normalized spacial score (nSPS) is 21.7. The van der Waals surface area contributed by atoms with Gasteiger partial charge >= 0.3 is 36.3 Å². The fourth-order valence-electron chi connectivity index (χ4n) is 13.5. The van der Waals surface area contributed by atoms with Crippen molar-refractivity contribution in [1.29, 1.82) is 5.26 Å². The van der Waals surface area contributed by atoms with Gasteiger partial charge in [-0.05, 0) is 110 Å². The predicted molar refractivity (Wildman–Crippen MR) is 446 cm³/mol. The Morgan fingerprint density at radius 2 is 1.03 bits per heavy atom. The standard InChI is InChI=1S/C16H16BrNO4.C16H17NO4.C16H17NO3.C13H18N2O.C13H12NO2.C5H5N.C3H4O.C3H6.C2H3NO.2CH4O.ClH/c17-12-10-6-11-13(14(12)22-15(11)19)18(7-10)16(20)21-8-9-4-2-1-3-5-9;18-15(19)13-8-12-6-7-14(13)17(9-12)16(20)21-10-11-4-2-1-3-5-11;18-10-14-8-13-6-7-15(14)17(9-13)16(19)20-11-12-4-2-1-3-5-12;1-13(2)14-11(12(16)15(13)3)9-10-7-5-4-6-8-10;15-13(14-9-5-2-6-10-14)16-11-12-7-3-1-4-8-12;1-2-4-6-5-3-1;1-2-3-4;1-3-2;3-1-2-4;2*1-2;/h1-5,10-14H,6-8H2;1-7,12-14H,8-10H2,(H,18,19);1-7,10,13-15H,8-9,11H2;4-8,11,14H,9H2,1-3H3;1-10H,11H2;1-5H;2-3H,1H2;3H,1H2,2H3;4H,2H2;2*2H,1H3;1H/q;;;;+1;;;;;;;. The number of allylic oxidation sites excluding steroid dienone is 2. The van der Waals surface area contributed by atoms with Gasteiger partial charge in [-0.1, -0.05) is 221 Å². The largest absolute Gasteiger partial charge is 0.602 e. The monoisotopic (exact) mass is 1690 g/mol. The van der Waals surface area contributed by atoms with Gasteiger partial charge in [0.1, 0.15) is 51.7 Å². The maximum absolute atomic E-state index is 12.4. The molecular formula is C89H107BrClN8O18+. The zero-order valence-corrected chi connectivity index (χ0v) is 69.0. The highest BCUT2D eigenvalue weighted by atomic mass is 79.9. The number of pyridine rings is 2. The van der Waals surface area contributed by atoms with Gasteiger partial charge < -0.3 is 68.5 Å². The number of carboxylic acids is 1. The van der Waals surface area contributed by atoms with Crippen LogP contribution in [-0.2, 0) is 80.5 Å². The summed E-state index contributed by atoms with van der Waals surface area (Å²) < 4.78 is 28.1. The number of hydrogen-bond donors (Lipinski definition) is 5. The van der Waals surface area contributed by atoms with Gasteiger partial charge in [-0.2, -0.15) is 10.1 Å². The van der Waals surface area contributed by atoms with E-state index in [0.717, 1.165) is 62.0 Å². The number of nitrogens with one attached hydrogen (secondary N) is 1. The summed E-state index contributed by atoms with van der Waals surface area (Å²) in [4.78, 5) is 114. The SMILES string of the molecule is C=CC.C=CC=O.CN1C(=O)C(Cc2ccccc2)NC1(C)C.CO.CO.Cl.N#CCO.O=C(O)C1CC2C=CC1N(C(=O)OCc1ccccc1)C2.O=C(OCc1ccccc1)[n+]1ccccc1.O=C1OC2C(Br)C3CC1C2N(C(=O)OCc1ccccc1)C3.O=CC1CC2C=CC1N(C(=O)OCc1ccccc1)C2.c1ccncc1. The molecule has 7 fully saturated rings. The van der Waals surface area contributed by atoms with Gasteiger partial charge in [-0.25, -0.2) is 14.4 Å². The first kappa shape index (κ1) is 97.9. The molecule has 8 bridgehead atoms. The molecule has 0 spiro atoms. The van der Waals surface area contributed by atoms with E-state index in [4.69, 9.17) is 49.1 Å². The van der Waals surface area contributed by atoms with Gasteiger partial charge in [0, 0.05) is 71.3 Å². The molecule has 10 heterocycles. The predicted octanol–water partition coefficient (Wildman–Crippen LogP) is 12.4. The van der Waals surface area contributed by atoms with E-state index in [-0.39, 0.29) is 133 Å². The number of hydrogen-bond acceptors (Lipinski definition) is 20. The van der Waals surface area contributed by atoms with E-state index in [1.54, 1.807) is 57.7 Å². The molecular weight excluding hydrogens is 1580 g/mol. The number of nitriles is 1. The second kappa shape index (κ2) is 53.6. The Kier molecular flexibility index (Phi) is 44.8. The van der Waals surface area contributed by atoms with Crippen molar-refractivity contribution in [1.82, 2.24) is 29.9 Å². The maximum atomic E-state index is 12.4. The van der Waals surface area contributed by atoms with Crippen LogP contribution >= 0.6 is 28.3 Å². The van der Waals surface area contributed by atoms with E-state index in [1.807, 2.05) is 210 Å². The van der Waals surface area contributed by atoms with Crippen molar-refractivity contribution >= 4 is 83.1 Å². The van der Waals surface area contributed by atoms with Crippen molar-refractivity contribution in [3.8, 4) is 6.07 Å². The van der Waals surface area contributed by atoms with E-state index in [1.165, 1.54) is 27.2 Å². The number of aldehydes is 2. The minimum absolute atomic E-state index is 0. The first-order chi connectivity index (χ1) is 56.2. The lowest BCUT2D eigenvalue weighted by Gasteiger charge is -2.48. The van der Waals surface area contributed by atoms with E-state index in [0.29, 0.717) is 38.9 Å². The summed E-state index contributed by atoms with van der Waals surface area (Å²) in [5, 5.41) is 41.5.